The molecule has 0 saturated heterocycles. The van der Waals surface area contributed by atoms with Crippen LogP contribution in [0.2, 0.25) is 0 Å². The van der Waals surface area contributed by atoms with Gasteiger partial charge in [0.05, 0.1) is 6.42 Å². The number of nitrogens with zero attached hydrogens (tertiary/aromatic N) is 3. The number of anilines is 1. The third-order valence-corrected chi connectivity index (χ3v) is 3.60. The summed E-state index contributed by atoms with van der Waals surface area (Å²) in [7, 11) is 0. The fourth-order valence-corrected chi connectivity index (χ4v) is 2.37. The van der Waals surface area contributed by atoms with Crippen molar-refractivity contribution in [2.24, 2.45) is 5.41 Å². The summed E-state index contributed by atoms with van der Waals surface area (Å²) in [5.41, 5.74) is -0.289. The number of amides is 2. The van der Waals surface area contributed by atoms with Gasteiger partial charge in [0, 0.05) is 18.1 Å². The number of urea groups is 1. The molecular formula is C9H13N5O3S. The van der Waals surface area contributed by atoms with Crippen molar-refractivity contribution in [1.82, 2.24) is 20.1 Å². The van der Waals surface area contributed by atoms with Gasteiger partial charge in [-0.1, -0.05) is 16.0 Å². The SMILES string of the molecule is O=C(O)CC1(CNC(=O)Nc2nnns2)CCC1. The Morgan fingerprint density at radius 1 is 1.44 bits per heavy atom. The lowest BCUT2D eigenvalue weighted by molar-refractivity contribution is -0.141. The van der Waals surface area contributed by atoms with Crippen LogP contribution in [0.25, 0.3) is 0 Å². The van der Waals surface area contributed by atoms with Crippen molar-refractivity contribution >= 4 is 28.7 Å². The van der Waals surface area contributed by atoms with E-state index in [0.29, 0.717) is 11.7 Å². The number of carboxylic acids is 1. The molecule has 1 fully saturated rings. The smallest absolute Gasteiger partial charge is 0.321 e. The van der Waals surface area contributed by atoms with Crippen LogP contribution >= 0.6 is 11.5 Å². The topological polar surface area (TPSA) is 117 Å². The van der Waals surface area contributed by atoms with Gasteiger partial charge in [-0.05, 0) is 23.5 Å². The predicted octanol–water partition coefficient (Wildman–Crippen LogP) is 0.700. The van der Waals surface area contributed by atoms with E-state index in [9.17, 15) is 9.59 Å². The predicted molar refractivity (Wildman–Crippen MR) is 63.3 cm³/mol. The van der Waals surface area contributed by atoms with Crippen LogP contribution in [0.15, 0.2) is 0 Å². The first-order valence-electron chi connectivity index (χ1n) is 5.51. The minimum Gasteiger partial charge on any atom is -0.481 e. The second kappa shape index (κ2) is 5.25. The van der Waals surface area contributed by atoms with Gasteiger partial charge >= 0.3 is 12.0 Å². The molecule has 1 aliphatic carbocycles. The van der Waals surface area contributed by atoms with E-state index in [1.807, 2.05) is 0 Å². The summed E-state index contributed by atoms with van der Waals surface area (Å²) < 4.78 is 3.51. The number of nitrogens with one attached hydrogen (secondary N) is 2. The molecule has 1 aromatic rings. The summed E-state index contributed by atoms with van der Waals surface area (Å²) in [5.74, 6) is -0.828. The molecule has 9 heteroatoms. The standard InChI is InChI=1S/C9H13N5O3S/c15-6(16)4-9(2-1-3-9)5-10-7(17)11-8-12-13-14-18-8/h1-5H2,(H,15,16)(H2,10,11,12,14,17). The molecule has 1 aliphatic rings. The van der Waals surface area contributed by atoms with Crippen LogP contribution in [0, 0.1) is 5.41 Å². The van der Waals surface area contributed by atoms with Crippen molar-refractivity contribution in [2.75, 3.05) is 11.9 Å². The molecular weight excluding hydrogens is 258 g/mol. The molecule has 3 N–H and O–H groups in total. The number of carbonyl (C=O) groups is 2. The van der Waals surface area contributed by atoms with Crippen LogP contribution in [0.4, 0.5) is 9.93 Å². The van der Waals surface area contributed by atoms with Crippen LogP contribution in [0.5, 0.6) is 0 Å². The van der Waals surface area contributed by atoms with E-state index in [2.05, 4.69) is 25.4 Å². The van der Waals surface area contributed by atoms with Crippen molar-refractivity contribution in [3.05, 3.63) is 0 Å². The second-order valence-electron chi connectivity index (χ2n) is 4.40. The van der Waals surface area contributed by atoms with Crippen molar-refractivity contribution in [1.29, 1.82) is 0 Å². The zero-order chi connectivity index (χ0) is 13.0. The minimum atomic E-state index is -0.828. The second-order valence-corrected chi connectivity index (χ2v) is 5.13. The van der Waals surface area contributed by atoms with Gasteiger partial charge in [0.15, 0.2) is 0 Å². The van der Waals surface area contributed by atoms with E-state index in [0.717, 1.165) is 30.8 Å². The zero-order valence-electron chi connectivity index (χ0n) is 9.55. The van der Waals surface area contributed by atoms with Gasteiger partial charge in [0.25, 0.3) is 0 Å². The van der Waals surface area contributed by atoms with E-state index in [1.54, 1.807) is 0 Å². The summed E-state index contributed by atoms with van der Waals surface area (Å²) in [6.07, 6.45) is 2.77. The molecule has 98 valence electrons. The normalized spacial score (nSPS) is 16.7. The van der Waals surface area contributed by atoms with Gasteiger partial charge < -0.3 is 10.4 Å². The number of aliphatic carboxylic acids is 1. The lowest BCUT2D eigenvalue weighted by atomic mass is 9.66. The lowest BCUT2D eigenvalue weighted by Crippen LogP contribution is -2.44. The Hall–Kier alpha value is -1.77. The van der Waals surface area contributed by atoms with Gasteiger partial charge in [-0.3, -0.25) is 10.1 Å². The van der Waals surface area contributed by atoms with Crippen LogP contribution < -0.4 is 10.6 Å². The first kappa shape index (κ1) is 12.7. The van der Waals surface area contributed by atoms with Crippen molar-refractivity contribution < 1.29 is 14.7 Å². The molecule has 0 bridgehead atoms. The lowest BCUT2D eigenvalue weighted by Gasteiger charge is -2.40. The minimum absolute atomic E-state index is 0.0909. The highest BCUT2D eigenvalue weighted by atomic mass is 32.1. The van der Waals surface area contributed by atoms with E-state index >= 15 is 0 Å². The fourth-order valence-electron chi connectivity index (χ4n) is 2.00. The number of aromatic nitrogens is 3. The van der Waals surface area contributed by atoms with Crippen LogP contribution in [-0.4, -0.2) is 38.5 Å². The molecule has 0 unspecified atom stereocenters. The van der Waals surface area contributed by atoms with Crippen LogP contribution in [0.1, 0.15) is 25.7 Å². The van der Waals surface area contributed by atoms with Crippen LogP contribution in [0.3, 0.4) is 0 Å². The Morgan fingerprint density at radius 3 is 2.72 bits per heavy atom. The number of hydrogen-bond acceptors (Lipinski definition) is 6. The Morgan fingerprint density at radius 2 is 2.22 bits per heavy atom. The third kappa shape index (κ3) is 3.13. The van der Waals surface area contributed by atoms with E-state index in [1.165, 1.54) is 0 Å². The van der Waals surface area contributed by atoms with Gasteiger partial charge in [0.1, 0.15) is 0 Å². The summed E-state index contributed by atoms with van der Waals surface area (Å²) in [6, 6.07) is -0.412. The van der Waals surface area contributed by atoms with E-state index in [-0.39, 0.29) is 11.8 Å². The molecule has 0 radical (unpaired) electrons. The first-order valence-corrected chi connectivity index (χ1v) is 6.29. The molecule has 1 saturated carbocycles. The summed E-state index contributed by atoms with van der Waals surface area (Å²) >= 11 is 0.977. The Balaban J connectivity index is 1.79. The zero-order valence-corrected chi connectivity index (χ0v) is 10.4. The molecule has 0 spiro atoms. The number of rotatable bonds is 5. The molecule has 0 aliphatic heterocycles. The molecule has 8 nitrogen and oxygen atoms in total. The van der Waals surface area contributed by atoms with Crippen LogP contribution in [-0.2, 0) is 4.79 Å². The summed E-state index contributed by atoms with van der Waals surface area (Å²) in [6.45, 7) is 0.358. The number of carboxylic acid groups (broad SMARTS) is 1. The largest absolute Gasteiger partial charge is 0.481 e. The Kier molecular flexibility index (Phi) is 3.70. The van der Waals surface area contributed by atoms with Gasteiger partial charge in [-0.15, -0.1) is 0 Å². The van der Waals surface area contributed by atoms with Crippen molar-refractivity contribution in [3.63, 3.8) is 0 Å². The number of hydrogen-bond donors (Lipinski definition) is 3. The van der Waals surface area contributed by atoms with Gasteiger partial charge in [-0.25, -0.2) is 4.79 Å². The monoisotopic (exact) mass is 271 g/mol. The van der Waals surface area contributed by atoms with Gasteiger partial charge in [0.2, 0.25) is 5.13 Å². The average molecular weight is 271 g/mol. The van der Waals surface area contributed by atoms with E-state index < -0.39 is 12.0 Å². The Bertz CT molecular complexity index is 431. The van der Waals surface area contributed by atoms with E-state index in [4.69, 9.17) is 5.11 Å². The first-order chi connectivity index (χ1) is 8.60. The number of carbonyl (C=O) groups excluding carboxylic acids is 1. The molecule has 1 heterocycles. The maximum atomic E-state index is 11.5. The molecule has 1 aromatic heterocycles. The van der Waals surface area contributed by atoms with Gasteiger partial charge in [-0.2, -0.15) is 0 Å². The molecule has 0 atom stereocenters. The maximum absolute atomic E-state index is 11.5. The molecule has 2 rings (SSSR count). The summed E-state index contributed by atoms with van der Waals surface area (Å²) in [4.78, 5) is 22.3. The summed E-state index contributed by atoms with van der Waals surface area (Å²) in [5, 5.41) is 21.2. The fraction of sp³-hybridized carbons (Fsp3) is 0.667. The highest BCUT2D eigenvalue weighted by Gasteiger charge is 2.39. The molecule has 0 aromatic carbocycles. The maximum Gasteiger partial charge on any atom is 0.321 e. The highest BCUT2D eigenvalue weighted by molar-refractivity contribution is 7.09. The molecule has 18 heavy (non-hydrogen) atoms. The highest BCUT2D eigenvalue weighted by Crippen LogP contribution is 2.43. The average Bonchev–Trinajstić information content (AvgIpc) is 2.74. The van der Waals surface area contributed by atoms with Crippen molar-refractivity contribution in [3.8, 4) is 0 Å². The third-order valence-electron chi connectivity index (χ3n) is 3.08. The Labute approximate surface area is 107 Å². The molecule has 2 amide bonds. The quantitative estimate of drug-likeness (QED) is 0.725. The van der Waals surface area contributed by atoms with Crippen molar-refractivity contribution in [2.45, 2.75) is 25.7 Å².